The van der Waals surface area contributed by atoms with Crippen LogP contribution in [0.4, 0.5) is 10.5 Å². The third kappa shape index (κ3) is 5.44. The van der Waals surface area contributed by atoms with E-state index < -0.39 is 11.7 Å². The van der Waals surface area contributed by atoms with Crippen LogP contribution in [0, 0.1) is 0 Å². The van der Waals surface area contributed by atoms with Gasteiger partial charge in [-0.15, -0.1) is 0 Å². The fraction of sp³-hybridized carbons (Fsp3) is 0.238. The summed E-state index contributed by atoms with van der Waals surface area (Å²) < 4.78 is 12.2. The molecule has 0 bridgehead atoms. The summed E-state index contributed by atoms with van der Waals surface area (Å²) in [5.41, 5.74) is 1.79. The standard InChI is InChI=1S/C21H21BrN2O3/c1-21(2,3)27-20(25)24-17-10-15-9-16(22)12-23-19(15)18(11-17)26-13-14-7-5-4-6-8-14/h4-12H,13H2,1-3H3,(H,24,25). The predicted molar refractivity (Wildman–Crippen MR) is 110 cm³/mol. The molecule has 0 atom stereocenters. The number of hydrogen-bond donors (Lipinski definition) is 1. The number of fused-ring (bicyclic) bond motifs is 1. The largest absolute Gasteiger partial charge is 0.487 e. The van der Waals surface area contributed by atoms with Gasteiger partial charge < -0.3 is 9.47 Å². The molecule has 1 N–H and O–H groups in total. The van der Waals surface area contributed by atoms with Gasteiger partial charge in [0.05, 0.1) is 0 Å². The zero-order chi connectivity index (χ0) is 19.4. The van der Waals surface area contributed by atoms with Crippen LogP contribution in [0.2, 0.25) is 0 Å². The average Bonchev–Trinajstić information content (AvgIpc) is 2.58. The Labute approximate surface area is 166 Å². The molecule has 0 radical (unpaired) electrons. The maximum absolute atomic E-state index is 12.1. The third-order valence-corrected chi connectivity index (χ3v) is 4.03. The van der Waals surface area contributed by atoms with Crippen molar-refractivity contribution in [3.8, 4) is 5.75 Å². The van der Waals surface area contributed by atoms with Crippen molar-refractivity contribution in [3.63, 3.8) is 0 Å². The van der Waals surface area contributed by atoms with Crippen molar-refractivity contribution in [2.75, 3.05) is 5.32 Å². The van der Waals surface area contributed by atoms with Crippen molar-refractivity contribution in [1.29, 1.82) is 0 Å². The molecule has 0 spiro atoms. The minimum Gasteiger partial charge on any atom is -0.487 e. The fourth-order valence-corrected chi connectivity index (χ4v) is 2.88. The number of carbonyl (C=O) groups excluding carboxylic acids is 1. The van der Waals surface area contributed by atoms with Gasteiger partial charge in [-0.3, -0.25) is 10.3 Å². The molecule has 0 saturated heterocycles. The summed E-state index contributed by atoms with van der Waals surface area (Å²) in [5, 5.41) is 3.61. The van der Waals surface area contributed by atoms with Crippen molar-refractivity contribution >= 4 is 38.6 Å². The lowest BCUT2D eigenvalue weighted by Gasteiger charge is -2.20. The van der Waals surface area contributed by atoms with Gasteiger partial charge in [-0.2, -0.15) is 0 Å². The number of anilines is 1. The van der Waals surface area contributed by atoms with Crippen molar-refractivity contribution < 1.29 is 14.3 Å². The van der Waals surface area contributed by atoms with Crippen LogP contribution in [0.1, 0.15) is 26.3 Å². The Morgan fingerprint density at radius 3 is 2.59 bits per heavy atom. The number of halogens is 1. The summed E-state index contributed by atoms with van der Waals surface area (Å²) in [6.45, 7) is 5.87. The lowest BCUT2D eigenvalue weighted by molar-refractivity contribution is 0.0636. The Hall–Kier alpha value is -2.60. The maximum atomic E-state index is 12.1. The summed E-state index contributed by atoms with van der Waals surface area (Å²) in [7, 11) is 0. The van der Waals surface area contributed by atoms with E-state index in [9.17, 15) is 4.79 Å². The fourth-order valence-electron chi connectivity index (χ4n) is 2.53. The smallest absolute Gasteiger partial charge is 0.412 e. The highest BCUT2D eigenvalue weighted by molar-refractivity contribution is 9.10. The second-order valence-corrected chi connectivity index (χ2v) is 8.02. The summed E-state index contributed by atoms with van der Waals surface area (Å²) >= 11 is 3.43. The number of ether oxygens (including phenoxy) is 2. The van der Waals surface area contributed by atoms with Crippen LogP contribution in [-0.4, -0.2) is 16.7 Å². The molecule has 0 aliphatic rings. The summed E-state index contributed by atoms with van der Waals surface area (Å²) in [6.07, 6.45) is 1.21. The highest BCUT2D eigenvalue weighted by Gasteiger charge is 2.17. The van der Waals surface area contributed by atoms with E-state index >= 15 is 0 Å². The minimum atomic E-state index is -0.571. The lowest BCUT2D eigenvalue weighted by atomic mass is 10.1. The van der Waals surface area contributed by atoms with Crippen LogP contribution < -0.4 is 10.1 Å². The van der Waals surface area contributed by atoms with E-state index in [0.717, 1.165) is 20.9 Å². The zero-order valence-corrected chi connectivity index (χ0v) is 17.0. The second-order valence-electron chi connectivity index (χ2n) is 7.10. The molecule has 0 fully saturated rings. The Kier molecular flexibility index (Phi) is 5.65. The van der Waals surface area contributed by atoms with Gasteiger partial charge in [0.15, 0.2) is 0 Å². The van der Waals surface area contributed by atoms with Crippen LogP contribution in [-0.2, 0) is 11.3 Å². The van der Waals surface area contributed by atoms with Gasteiger partial charge in [0.2, 0.25) is 0 Å². The van der Waals surface area contributed by atoms with Gasteiger partial charge in [-0.1, -0.05) is 30.3 Å². The molecule has 0 aliphatic heterocycles. The van der Waals surface area contributed by atoms with E-state index in [1.165, 1.54) is 0 Å². The quantitative estimate of drug-likeness (QED) is 0.559. The number of amides is 1. The molecule has 1 amide bonds. The second kappa shape index (κ2) is 7.96. The van der Waals surface area contributed by atoms with Gasteiger partial charge >= 0.3 is 6.09 Å². The molecule has 6 heteroatoms. The topological polar surface area (TPSA) is 60.5 Å². The lowest BCUT2D eigenvalue weighted by Crippen LogP contribution is -2.27. The van der Waals surface area contributed by atoms with Crippen molar-refractivity contribution in [2.45, 2.75) is 33.0 Å². The number of nitrogens with one attached hydrogen (secondary N) is 1. The maximum Gasteiger partial charge on any atom is 0.412 e. The summed E-state index contributed by atoms with van der Waals surface area (Å²) in [6, 6.07) is 15.4. The number of rotatable bonds is 4. The molecule has 0 saturated carbocycles. The van der Waals surface area contributed by atoms with E-state index in [1.54, 1.807) is 12.3 Å². The molecular weight excluding hydrogens is 408 g/mol. The third-order valence-electron chi connectivity index (χ3n) is 3.60. The van der Waals surface area contributed by atoms with E-state index in [2.05, 4.69) is 26.2 Å². The summed E-state index contributed by atoms with van der Waals surface area (Å²) in [5.74, 6) is 0.593. The number of pyridine rings is 1. The van der Waals surface area contributed by atoms with E-state index in [0.29, 0.717) is 18.0 Å². The van der Waals surface area contributed by atoms with Gasteiger partial charge in [0.1, 0.15) is 23.5 Å². The first-order valence-corrected chi connectivity index (χ1v) is 9.35. The first-order chi connectivity index (χ1) is 12.8. The van der Waals surface area contributed by atoms with Gasteiger partial charge in [0, 0.05) is 27.8 Å². The highest BCUT2D eigenvalue weighted by Crippen LogP contribution is 2.31. The van der Waals surface area contributed by atoms with E-state index in [-0.39, 0.29) is 0 Å². The number of nitrogens with zero attached hydrogens (tertiary/aromatic N) is 1. The van der Waals surface area contributed by atoms with Gasteiger partial charge in [0.25, 0.3) is 0 Å². The highest BCUT2D eigenvalue weighted by atomic mass is 79.9. The molecule has 1 heterocycles. The predicted octanol–water partition coefficient (Wildman–Crippen LogP) is 5.92. The molecule has 140 valence electrons. The molecular formula is C21H21BrN2O3. The molecule has 0 aliphatic carbocycles. The Balaban J connectivity index is 1.89. The Bertz CT molecular complexity index is 953. The molecule has 1 aromatic heterocycles. The number of benzene rings is 2. The van der Waals surface area contributed by atoms with E-state index in [1.807, 2.05) is 63.2 Å². The molecule has 3 aromatic rings. The Morgan fingerprint density at radius 2 is 1.89 bits per heavy atom. The number of carbonyl (C=O) groups is 1. The first kappa shape index (κ1) is 19.2. The Morgan fingerprint density at radius 1 is 1.15 bits per heavy atom. The van der Waals surface area contributed by atoms with E-state index in [4.69, 9.17) is 9.47 Å². The molecule has 2 aromatic carbocycles. The molecule has 27 heavy (non-hydrogen) atoms. The molecule has 3 rings (SSSR count). The van der Waals surface area contributed by atoms with Crippen molar-refractivity contribution in [3.05, 3.63) is 64.8 Å². The minimum absolute atomic E-state index is 0.406. The SMILES string of the molecule is CC(C)(C)OC(=O)Nc1cc(OCc2ccccc2)c2ncc(Br)cc2c1. The van der Waals surface area contributed by atoms with Gasteiger partial charge in [-0.25, -0.2) is 4.79 Å². The molecule has 5 nitrogen and oxygen atoms in total. The monoisotopic (exact) mass is 428 g/mol. The first-order valence-electron chi connectivity index (χ1n) is 8.56. The van der Waals surface area contributed by atoms with Crippen LogP contribution in [0.5, 0.6) is 5.75 Å². The normalized spacial score (nSPS) is 11.3. The van der Waals surface area contributed by atoms with Crippen molar-refractivity contribution in [1.82, 2.24) is 4.98 Å². The number of hydrogen-bond acceptors (Lipinski definition) is 4. The number of aromatic nitrogens is 1. The zero-order valence-electron chi connectivity index (χ0n) is 15.5. The molecule has 0 unspecified atom stereocenters. The van der Waals surface area contributed by atoms with Crippen LogP contribution >= 0.6 is 15.9 Å². The summed E-state index contributed by atoms with van der Waals surface area (Å²) in [4.78, 5) is 16.6. The van der Waals surface area contributed by atoms with Crippen LogP contribution in [0.25, 0.3) is 10.9 Å². The average molecular weight is 429 g/mol. The van der Waals surface area contributed by atoms with Crippen LogP contribution in [0.3, 0.4) is 0 Å². The van der Waals surface area contributed by atoms with Crippen molar-refractivity contribution in [2.24, 2.45) is 0 Å². The van der Waals surface area contributed by atoms with Crippen LogP contribution in [0.15, 0.2) is 59.2 Å². The van der Waals surface area contributed by atoms with Gasteiger partial charge in [-0.05, 0) is 54.4 Å².